The maximum atomic E-state index is 12.6. The molecule has 2 amide bonds. The van der Waals surface area contributed by atoms with Crippen LogP contribution >= 0.6 is 0 Å². The van der Waals surface area contributed by atoms with Crippen LogP contribution in [0.25, 0.3) is 0 Å². The fourth-order valence-corrected chi connectivity index (χ4v) is 4.00. The summed E-state index contributed by atoms with van der Waals surface area (Å²) in [5.74, 6) is 0.448. The Morgan fingerprint density at radius 1 is 1.35 bits per heavy atom. The lowest BCUT2D eigenvalue weighted by atomic mass is 9.83. The van der Waals surface area contributed by atoms with Crippen molar-refractivity contribution in [1.82, 2.24) is 19.4 Å². The molecule has 3 rings (SSSR count). The van der Waals surface area contributed by atoms with E-state index in [4.69, 9.17) is 4.74 Å². The van der Waals surface area contributed by atoms with Crippen LogP contribution in [0, 0.1) is 5.92 Å². The molecular formula is C18H26N4O4. The highest BCUT2D eigenvalue weighted by atomic mass is 16.5. The average Bonchev–Trinajstić information content (AvgIpc) is 2.65. The summed E-state index contributed by atoms with van der Waals surface area (Å²) in [5.41, 5.74) is -0.414. The van der Waals surface area contributed by atoms with E-state index in [0.29, 0.717) is 38.6 Å². The Bertz CT molecular complexity index is 704. The van der Waals surface area contributed by atoms with Crippen LogP contribution in [-0.4, -0.2) is 70.6 Å². The lowest BCUT2D eigenvalue weighted by molar-refractivity contribution is -0.144. The minimum Gasteiger partial charge on any atom is -0.385 e. The second kappa shape index (κ2) is 8.44. The van der Waals surface area contributed by atoms with E-state index >= 15 is 0 Å². The molecule has 2 saturated heterocycles. The molecule has 0 spiro atoms. The van der Waals surface area contributed by atoms with E-state index in [9.17, 15) is 14.4 Å². The van der Waals surface area contributed by atoms with Crippen molar-refractivity contribution in [3.05, 3.63) is 28.9 Å². The molecule has 0 aromatic carbocycles. The summed E-state index contributed by atoms with van der Waals surface area (Å²) in [6.45, 7) is 2.63. The SMILES string of the molecule is COCCCN1C(=O)CC[C@H]2CN(C(=O)Cn3cccnc3=O)CC[C@H]21. The number of methoxy groups -OCH3 is 1. The van der Waals surface area contributed by atoms with Gasteiger partial charge in [0, 0.05) is 58.2 Å². The summed E-state index contributed by atoms with van der Waals surface area (Å²) in [7, 11) is 1.67. The monoisotopic (exact) mass is 362 g/mol. The van der Waals surface area contributed by atoms with Gasteiger partial charge in [0.25, 0.3) is 0 Å². The standard InChI is InChI=1S/C18H26N4O4/c1-26-11-3-9-22-15-6-10-20(12-14(15)4-5-16(22)23)17(24)13-21-8-2-7-19-18(21)25/h2,7-8,14-15H,3-6,9-13H2,1H3/t14-,15+/m0/s1. The summed E-state index contributed by atoms with van der Waals surface area (Å²) in [5, 5.41) is 0. The molecule has 142 valence electrons. The molecule has 0 aliphatic carbocycles. The van der Waals surface area contributed by atoms with Crippen molar-refractivity contribution < 1.29 is 14.3 Å². The van der Waals surface area contributed by atoms with Gasteiger partial charge in [0.05, 0.1) is 0 Å². The molecule has 0 unspecified atom stereocenters. The first-order valence-electron chi connectivity index (χ1n) is 9.18. The third-order valence-electron chi connectivity index (χ3n) is 5.33. The first-order valence-corrected chi connectivity index (χ1v) is 9.18. The highest BCUT2D eigenvalue weighted by molar-refractivity contribution is 5.78. The summed E-state index contributed by atoms with van der Waals surface area (Å²) >= 11 is 0. The normalized spacial score (nSPS) is 23.0. The Morgan fingerprint density at radius 3 is 2.96 bits per heavy atom. The van der Waals surface area contributed by atoms with Crippen LogP contribution in [0.4, 0.5) is 0 Å². The van der Waals surface area contributed by atoms with Crippen molar-refractivity contribution in [3.63, 3.8) is 0 Å². The number of likely N-dealkylation sites (tertiary alicyclic amines) is 2. The van der Waals surface area contributed by atoms with Gasteiger partial charge < -0.3 is 14.5 Å². The molecule has 2 atom stereocenters. The van der Waals surface area contributed by atoms with E-state index in [1.807, 2.05) is 9.80 Å². The van der Waals surface area contributed by atoms with E-state index in [1.54, 1.807) is 19.4 Å². The van der Waals surface area contributed by atoms with E-state index in [-0.39, 0.29) is 24.4 Å². The Morgan fingerprint density at radius 2 is 2.19 bits per heavy atom. The number of rotatable bonds is 6. The number of carbonyl (C=O) groups is 2. The van der Waals surface area contributed by atoms with Crippen LogP contribution in [0.2, 0.25) is 0 Å². The molecule has 0 N–H and O–H groups in total. The first-order chi connectivity index (χ1) is 12.6. The van der Waals surface area contributed by atoms with E-state index in [2.05, 4.69) is 4.98 Å². The van der Waals surface area contributed by atoms with Crippen molar-refractivity contribution in [2.24, 2.45) is 5.92 Å². The van der Waals surface area contributed by atoms with Gasteiger partial charge >= 0.3 is 5.69 Å². The molecular weight excluding hydrogens is 336 g/mol. The third-order valence-corrected chi connectivity index (χ3v) is 5.33. The van der Waals surface area contributed by atoms with Crippen LogP contribution in [0.3, 0.4) is 0 Å². The number of hydrogen-bond acceptors (Lipinski definition) is 5. The zero-order chi connectivity index (χ0) is 18.5. The predicted molar refractivity (Wildman–Crippen MR) is 94.4 cm³/mol. The number of piperidine rings is 2. The fraction of sp³-hybridized carbons (Fsp3) is 0.667. The number of hydrogen-bond donors (Lipinski definition) is 0. The highest BCUT2D eigenvalue weighted by Crippen LogP contribution is 2.31. The number of ether oxygens (including phenoxy) is 1. The Labute approximate surface area is 152 Å². The Balaban J connectivity index is 1.60. The van der Waals surface area contributed by atoms with Gasteiger partial charge in [-0.25, -0.2) is 9.78 Å². The van der Waals surface area contributed by atoms with Crippen LogP contribution in [0.1, 0.15) is 25.7 Å². The molecule has 2 aliphatic heterocycles. The minimum absolute atomic E-state index is 0.0144. The van der Waals surface area contributed by atoms with Gasteiger partial charge in [0.2, 0.25) is 11.8 Å². The maximum Gasteiger partial charge on any atom is 0.347 e. The third kappa shape index (κ3) is 4.12. The van der Waals surface area contributed by atoms with Crippen molar-refractivity contribution >= 4 is 11.8 Å². The van der Waals surface area contributed by atoms with Gasteiger partial charge in [-0.2, -0.15) is 0 Å². The number of aromatic nitrogens is 2. The molecule has 2 aliphatic rings. The second-order valence-corrected chi connectivity index (χ2v) is 6.96. The summed E-state index contributed by atoms with van der Waals surface area (Å²) < 4.78 is 6.42. The van der Waals surface area contributed by atoms with Gasteiger partial charge in [-0.3, -0.25) is 14.2 Å². The average molecular weight is 362 g/mol. The first kappa shape index (κ1) is 18.6. The molecule has 1 aromatic rings. The van der Waals surface area contributed by atoms with Gasteiger partial charge in [0.15, 0.2) is 0 Å². The predicted octanol–water partition coefficient (Wildman–Crippen LogP) is 0.119. The quantitative estimate of drug-likeness (QED) is 0.671. The van der Waals surface area contributed by atoms with E-state index < -0.39 is 5.69 Å². The molecule has 0 radical (unpaired) electrons. The van der Waals surface area contributed by atoms with Crippen molar-refractivity contribution in [2.45, 2.75) is 38.3 Å². The number of carbonyl (C=O) groups excluding carboxylic acids is 2. The molecule has 0 saturated carbocycles. The molecule has 8 heteroatoms. The molecule has 26 heavy (non-hydrogen) atoms. The van der Waals surface area contributed by atoms with Crippen LogP contribution in [0.15, 0.2) is 23.3 Å². The minimum atomic E-state index is -0.414. The van der Waals surface area contributed by atoms with Crippen LogP contribution in [0.5, 0.6) is 0 Å². The summed E-state index contributed by atoms with van der Waals surface area (Å²) in [6, 6.07) is 1.85. The maximum absolute atomic E-state index is 12.6. The van der Waals surface area contributed by atoms with E-state index in [0.717, 1.165) is 19.3 Å². The summed E-state index contributed by atoms with van der Waals surface area (Å²) in [6.07, 6.45) is 5.98. The molecule has 1 aromatic heterocycles. The molecule has 3 heterocycles. The number of amides is 2. The van der Waals surface area contributed by atoms with Crippen molar-refractivity contribution in [2.75, 3.05) is 33.4 Å². The van der Waals surface area contributed by atoms with Crippen LogP contribution in [-0.2, 0) is 20.9 Å². The molecule has 8 nitrogen and oxygen atoms in total. The molecule has 0 bridgehead atoms. The van der Waals surface area contributed by atoms with Gasteiger partial charge in [-0.1, -0.05) is 0 Å². The highest BCUT2D eigenvalue weighted by Gasteiger charge is 2.39. The zero-order valence-corrected chi connectivity index (χ0v) is 15.2. The Hall–Kier alpha value is -2.22. The second-order valence-electron chi connectivity index (χ2n) is 6.96. The fourth-order valence-electron chi connectivity index (χ4n) is 4.00. The largest absolute Gasteiger partial charge is 0.385 e. The summed E-state index contributed by atoms with van der Waals surface area (Å²) in [4.78, 5) is 44.1. The van der Waals surface area contributed by atoms with Gasteiger partial charge in [0.1, 0.15) is 6.54 Å². The lowest BCUT2D eigenvalue weighted by Gasteiger charge is -2.47. The van der Waals surface area contributed by atoms with Gasteiger partial charge in [-0.05, 0) is 31.2 Å². The smallest absolute Gasteiger partial charge is 0.347 e. The lowest BCUT2D eigenvalue weighted by Crippen LogP contribution is -2.57. The zero-order valence-electron chi connectivity index (χ0n) is 15.2. The van der Waals surface area contributed by atoms with Gasteiger partial charge in [-0.15, -0.1) is 0 Å². The van der Waals surface area contributed by atoms with Crippen molar-refractivity contribution in [3.8, 4) is 0 Å². The van der Waals surface area contributed by atoms with E-state index in [1.165, 1.54) is 10.8 Å². The number of nitrogens with zero attached hydrogens (tertiary/aromatic N) is 4. The molecule has 2 fully saturated rings. The topological polar surface area (TPSA) is 84.7 Å². The van der Waals surface area contributed by atoms with Crippen LogP contribution < -0.4 is 5.69 Å². The Kier molecular flexibility index (Phi) is 6.03. The number of fused-ring (bicyclic) bond motifs is 1. The van der Waals surface area contributed by atoms with Crippen molar-refractivity contribution in [1.29, 1.82) is 0 Å².